The number of nitrogens with one attached hydrogen (secondary N) is 1. The minimum absolute atomic E-state index is 0.00841. The van der Waals surface area contributed by atoms with Gasteiger partial charge in [-0.2, -0.15) is 0 Å². The molecular weight excluding hydrogens is 443 g/mol. The number of rotatable bonds is 3. The van der Waals surface area contributed by atoms with Crippen LogP contribution < -0.4 is 4.83 Å². The Hall–Kier alpha value is -0.410. The molecule has 4 nitrogen and oxygen atoms in total. The molecule has 0 bridgehead atoms. The fraction of sp³-hybridized carbons (Fsp3) is 0.200. The zero-order valence-corrected chi connectivity index (χ0v) is 17.3. The molecule has 2 heterocycles. The van der Waals surface area contributed by atoms with E-state index in [2.05, 4.69) is 4.83 Å². The Kier molecular flexibility index (Phi) is 4.77. The molecule has 0 spiro atoms. The molecule has 0 saturated heterocycles. The van der Waals surface area contributed by atoms with Crippen LogP contribution in [0.4, 0.5) is 0 Å². The minimum Gasteiger partial charge on any atom is -0.283 e. The van der Waals surface area contributed by atoms with E-state index in [1.54, 1.807) is 28.1 Å². The Labute approximate surface area is 168 Å². The van der Waals surface area contributed by atoms with Gasteiger partial charge < -0.3 is 0 Å². The van der Waals surface area contributed by atoms with Crippen LogP contribution in [0, 0.1) is 0 Å². The molecule has 1 aromatic carbocycles. The molecule has 0 amide bonds. The van der Waals surface area contributed by atoms with Gasteiger partial charge >= 0.3 is 0 Å². The van der Waals surface area contributed by atoms with Gasteiger partial charge in [0, 0.05) is 20.4 Å². The van der Waals surface area contributed by atoms with Gasteiger partial charge in [-0.15, -0.1) is 27.9 Å². The summed E-state index contributed by atoms with van der Waals surface area (Å²) in [6.07, 6.45) is 1.92. The van der Waals surface area contributed by atoms with Crippen LogP contribution in [0.5, 0.6) is 0 Å². The number of allylic oxidation sites excluding steroid dienone is 1. The van der Waals surface area contributed by atoms with E-state index in [1.165, 1.54) is 21.9 Å². The van der Waals surface area contributed by atoms with Crippen molar-refractivity contribution in [3.05, 3.63) is 54.0 Å². The number of thioether (sulfide) groups is 1. The largest absolute Gasteiger partial charge is 0.283 e. The number of hydrazine groups is 1. The molecule has 2 aliphatic rings. The molecule has 2 aromatic rings. The van der Waals surface area contributed by atoms with Crippen LogP contribution in [0.3, 0.4) is 0 Å². The number of thiophene rings is 1. The summed E-state index contributed by atoms with van der Waals surface area (Å²) in [7, 11) is -3.95. The number of benzene rings is 1. The molecule has 1 aromatic heterocycles. The molecule has 0 unspecified atom stereocenters. The summed E-state index contributed by atoms with van der Waals surface area (Å²) in [6.45, 7) is 0. The lowest BCUT2D eigenvalue weighted by molar-refractivity contribution is 0.415. The van der Waals surface area contributed by atoms with Crippen LogP contribution in [0.1, 0.15) is 16.9 Å². The van der Waals surface area contributed by atoms with Crippen LogP contribution in [0.15, 0.2) is 33.4 Å². The summed E-state index contributed by atoms with van der Waals surface area (Å²) in [5.74, 6) is 0.502. The standard InChI is InChI=1S/C15H11Cl3N2O2S3/c16-8-5-10(17)15(11(18)6-8)25(21,22)19-20-7-24-13-2-1-12-9(14(13)20)3-4-23-12/h3-6,19H,1-2,7H2. The van der Waals surface area contributed by atoms with E-state index in [-0.39, 0.29) is 20.0 Å². The topological polar surface area (TPSA) is 49.4 Å². The van der Waals surface area contributed by atoms with Gasteiger partial charge in [0.2, 0.25) is 0 Å². The Morgan fingerprint density at radius 1 is 1.12 bits per heavy atom. The van der Waals surface area contributed by atoms with Gasteiger partial charge in [-0.1, -0.05) is 34.8 Å². The molecule has 0 atom stereocenters. The van der Waals surface area contributed by atoms with Crippen molar-refractivity contribution in [2.45, 2.75) is 17.7 Å². The number of halogens is 3. The second kappa shape index (κ2) is 6.64. The molecular formula is C15H11Cl3N2O2S3. The van der Waals surface area contributed by atoms with Crippen molar-refractivity contribution in [2.75, 3.05) is 5.88 Å². The zero-order valence-electron chi connectivity index (χ0n) is 12.6. The Balaban J connectivity index is 1.70. The molecule has 0 fully saturated rings. The van der Waals surface area contributed by atoms with E-state index in [1.807, 2.05) is 11.4 Å². The number of sulfonamides is 1. The molecule has 1 aliphatic carbocycles. The molecule has 0 radical (unpaired) electrons. The molecule has 0 saturated carbocycles. The third-order valence-electron chi connectivity index (χ3n) is 3.94. The van der Waals surface area contributed by atoms with Gasteiger partial charge in [-0.3, -0.25) is 5.01 Å². The Morgan fingerprint density at radius 3 is 2.56 bits per heavy atom. The van der Waals surface area contributed by atoms with E-state index in [4.69, 9.17) is 34.8 Å². The molecule has 10 heteroatoms. The molecule has 1 N–H and O–H groups in total. The fourth-order valence-electron chi connectivity index (χ4n) is 2.93. The lowest BCUT2D eigenvalue weighted by Crippen LogP contribution is -2.39. The van der Waals surface area contributed by atoms with Crippen molar-refractivity contribution in [3.8, 4) is 0 Å². The van der Waals surface area contributed by atoms with Gasteiger partial charge in [0.1, 0.15) is 4.90 Å². The highest BCUT2D eigenvalue weighted by molar-refractivity contribution is 8.03. The summed E-state index contributed by atoms with van der Waals surface area (Å²) in [4.78, 5) is 4.92. The van der Waals surface area contributed by atoms with Crippen LogP contribution >= 0.6 is 57.9 Å². The third-order valence-corrected chi connectivity index (χ3v) is 8.53. The van der Waals surface area contributed by atoms with Crippen LogP contribution in [-0.2, 0) is 16.4 Å². The smallest absolute Gasteiger partial charge is 0.260 e. The van der Waals surface area contributed by atoms with E-state index >= 15 is 0 Å². The number of hydrogen-bond acceptors (Lipinski definition) is 5. The lowest BCUT2D eigenvalue weighted by atomic mass is 10.0. The first-order valence-corrected chi connectivity index (χ1v) is 11.7. The summed E-state index contributed by atoms with van der Waals surface area (Å²) in [6, 6.07) is 4.76. The third kappa shape index (κ3) is 3.20. The summed E-state index contributed by atoms with van der Waals surface area (Å²) in [5.41, 5.74) is 2.02. The first kappa shape index (κ1) is 18.0. The summed E-state index contributed by atoms with van der Waals surface area (Å²) >= 11 is 21.4. The average molecular weight is 454 g/mol. The predicted molar refractivity (Wildman–Crippen MR) is 106 cm³/mol. The van der Waals surface area contributed by atoms with E-state index in [9.17, 15) is 8.42 Å². The summed E-state index contributed by atoms with van der Waals surface area (Å²) < 4.78 is 25.7. The normalized spacial score (nSPS) is 17.0. The van der Waals surface area contributed by atoms with E-state index < -0.39 is 10.0 Å². The second-order valence-electron chi connectivity index (χ2n) is 5.52. The van der Waals surface area contributed by atoms with Crippen LogP contribution in [0.25, 0.3) is 5.70 Å². The highest BCUT2D eigenvalue weighted by Crippen LogP contribution is 2.46. The Morgan fingerprint density at radius 2 is 1.84 bits per heavy atom. The van der Waals surface area contributed by atoms with Gasteiger partial charge in [-0.05, 0) is 36.4 Å². The monoisotopic (exact) mass is 452 g/mol. The lowest BCUT2D eigenvalue weighted by Gasteiger charge is -2.25. The molecule has 25 heavy (non-hydrogen) atoms. The van der Waals surface area contributed by atoms with Crippen LogP contribution in [-0.4, -0.2) is 19.3 Å². The van der Waals surface area contributed by atoms with Crippen molar-refractivity contribution >= 4 is 73.6 Å². The first-order chi connectivity index (χ1) is 11.9. The second-order valence-corrected chi connectivity index (χ2v) is 10.4. The maximum Gasteiger partial charge on any atom is 0.260 e. The molecule has 132 valence electrons. The maximum absolute atomic E-state index is 12.9. The average Bonchev–Trinajstić information content (AvgIpc) is 3.11. The number of nitrogens with zero attached hydrogens (tertiary/aromatic N) is 1. The van der Waals surface area contributed by atoms with Gasteiger partial charge in [0.25, 0.3) is 10.0 Å². The van der Waals surface area contributed by atoms with Crippen molar-refractivity contribution in [2.24, 2.45) is 0 Å². The fourth-order valence-corrected chi connectivity index (χ4v) is 7.57. The van der Waals surface area contributed by atoms with Crippen molar-refractivity contribution in [1.82, 2.24) is 9.84 Å². The van der Waals surface area contributed by atoms with Crippen molar-refractivity contribution < 1.29 is 8.42 Å². The first-order valence-electron chi connectivity index (χ1n) is 7.24. The van der Waals surface area contributed by atoms with Gasteiger partial charge in [-0.25, -0.2) is 8.42 Å². The zero-order chi connectivity index (χ0) is 17.8. The number of aryl methyl sites for hydroxylation is 1. The van der Waals surface area contributed by atoms with E-state index in [0.29, 0.717) is 5.88 Å². The number of hydrogen-bond donors (Lipinski definition) is 1. The quantitative estimate of drug-likeness (QED) is 0.692. The summed E-state index contributed by atoms with van der Waals surface area (Å²) in [5, 5.41) is 3.95. The SMILES string of the molecule is O=S(=O)(NN1CSC2=C1c1ccsc1CC2)c1c(Cl)cc(Cl)cc1Cl. The maximum atomic E-state index is 12.9. The highest BCUT2D eigenvalue weighted by atomic mass is 35.5. The highest BCUT2D eigenvalue weighted by Gasteiger charge is 2.34. The van der Waals surface area contributed by atoms with E-state index in [0.717, 1.165) is 24.1 Å². The Bertz CT molecular complexity index is 978. The van der Waals surface area contributed by atoms with Crippen molar-refractivity contribution in [1.29, 1.82) is 0 Å². The minimum atomic E-state index is -3.95. The molecule has 4 rings (SSSR count). The molecule has 1 aliphatic heterocycles. The predicted octanol–water partition coefficient (Wildman–Crippen LogP) is 5.22. The van der Waals surface area contributed by atoms with Crippen LogP contribution in [0.2, 0.25) is 15.1 Å². The van der Waals surface area contributed by atoms with Crippen molar-refractivity contribution in [3.63, 3.8) is 0 Å². The van der Waals surface area contributed by atoms with Gasteiger partial charge in [0.15, 0.2) is 0 Å². The van der Waals surface area contributed by atoms with Gasteiger partial charge in [0.05, 0.1) is 21.6 Å². The number of fused-ring (bicyclic) bond motifs is 2.